The molecule has 16 heavy (non-hydrogen) atoms. The highest BCUT2D eigenvalue weighted by molar-refractivity contribution is 5.32. The molecule has 1 saturated heterocycles. The molecule has 1 N–H and O–H groups in total. The van der Waals surface area contributed by atoms with E-state index >= 15 is 0 Å². The van der Waals surface area contributed by atoms with Crippen molar-refractivity contribution in [3.63, 3.8) is 0 Å². The molecule has 1 aliphatic rings. The number of hydrogen-bond acceptors (Lipinski definition) is 2. The van der Waals surface area contributed by atoms with Crippen LogP contribution < -0.4 is 5.32 Å². The van der Waals surface area contributed by atoms with Gasteiger partial charge in [0, 0.05) is 5.41 Å². The van der Waals surface area contributed by atoms with Crippen molar-refractivity contribution in [3.8, 4) is 0 Å². The van der Waals surface area contributed by atoms with Crippen LogP contribution in [-0.2, 0) is 10.2 Å². The Morgan fingerprint density at radius 3 is 2.69 bits per heavy atom. The summed E-state index contributed by atoms with van der Waals surface area (Å²) in [6.45, 7) is 4.27. The third-order valence-electron chi connectivity index (χ3n) is 3.38. The van der Waals surface area contributed by atoms with Gasteiger partial charge in [-0.05, 0) is 44.1 Å². The first-order valence-electron chi connectivity index (χ1n) is 5.67. The van der Waals surface area contributed by atoms with Crippen molar-refractivity contribution in [3.05, 3.63) is 35.1 Å². The lowest BCUT2D eigenvalue weighted by molar-refractivity contribution is -0.0638. The molecule has 1 fully saturated rings. The van der Waals surface area contributed by atoms with E-state index in [2.05, 4.69) is 5.32 Å². The normalized spacial score (nSPS) is 18.2. The Balaban J connectivity index is 2.22. The lowest BCUT2D eigenvalue weighted by Crippen LogP contribution is -2.48. The Morgan fingerprint density at radius 1 is 1.44 bits per heavy atom. The van der Waals surface area contributed by atoms with Gasteiger partial charge in [0.05, 0.1) is 13.2 Å². The maximum Gasteiger partial charge on any atom is 0.126 e. The smallest absolute Gasteiger partial charge is 0.126 e. The average molecular weight is 223 g/mol. The zero-order valence-electron chi connectivity index (χ0n) is 9.85. The van der Waals surface area contributed by atoms with Crippen LogP contribution in [0.5, 0.6) is 0 Å². The Bertz CT molecular complexity index is 374. The van der Waals surface area contributed by atoms with Crippen LogP contribution in [0.15, 0.2) is 18.2 Å². The maximum absolute atomic E-state index is 13.2. The zero-order valence-corrected chi connectivity index (χ0v) is 9.85. The monoisotopic (exact) mass is 223 g/mol. The van der Waals surface area contributed by atoms with Gasteiger partial charge in [-0.3, -0.25) is 0 Å². The van der Waals surface area contributed by atoms with Crippen LogP contribution in [0.4, 0.5) is 4.39 Å². The highest BCUT2D eigenvalue weighted by Crippen LogP contribution is 2.36. The predicted molar refractivity (Wildman–Crippen MR) is 62.2 cm³/mol. The van der Waals surface area contributed by atoms with Crippen molar-refractivity contribution in [1.82, 2.24) is 5.32 Å². The number of aryl methyl sites for hydroxylation is 1. The standard InChI is InChI=1S/C13H18FNO/c1-10-7-11(3-4-12(10)14)13(5-6-15-2)8-16-9-13/h3-4,7,15H,5-6,8-9H2,1-2H3. The van der Waals surface area contributed by atoms with Crippen LogP contribution in [-0.4, -0.2) is 26.8 Å². The lowest BCUT2D eigenvalue weighted by Gasteiger charge is -2.42. The van der Waals surface area contributed by atoms with Crippen LogP contribution in [0, 0.1) is 12.7 Å². The molecule has 0 aromatic heterocycles. The van der Waals surface area contributed by atoms with Crippen molar-refractivity contribution in [2.24, 2.45) is 0 Å². The summed E-state index contributed by atoms with van der Waals surface area (Å²) in [4.78, 5) is 0. The number of halogens is 1. The Kier molecular flexibility index (Phi) is 3.26. The quantitative estimate of drug-likeness (QED) is 0.843. The van der Waals surface area contributed by atoms with Crippen LogP contribution in [0.3, 0.4) is 0 Å². The molecule has 1 aliphatic heterocycles. The molecule has 3 heteroatoms. The van der Waals surface area contributed by atoms with Gasteiger partial charge in [0.15, 0.2) is 0 Å². The number of benzene rings is 1. The fourth-order valence-electron chi connectivity index (χ4n) is 2.14. The fraction of sp³-hybridized carbons (Fsp3) is 0.538. The van der Waals surface area contributed by atoms with E-state index in [1.165, 1.54) is 5.56 Å². The number of hydrogen-bond donors (Lipinski definition) is 1. The second kappa shape index (κ2) is 4.52. The molecule has 1 aromatic carbocycles. The Labute approximate surface area is 95.8 Å². The third-order valence-corrected chi connectivity index (χ3v) is 3.38. The van der Waals surface area contributed by atoms with Gasteiger partial charge < -0.3 is 10.1 Å². The molecule has 1 heterocycles. The molecule has 2 rings (SSSR count). The van der Waals surface area contributed by atoms with Gasteiger partial charge in [0.1, 0.15) is 5.82 Å². The van der Waals surface area contributed by atoms with Gasteiger partial charge in [0.2, 0.25) is 0 Å². The first-order valence-corrected chi connectivity index (χ1v) is 5.67. The molecule has 0 aliphatic carbocycles. The molecule has 0 unspecified atom stereocenters. The highest BCUT2D eigenvalue weighted by Gasteiger charge is 2.39. The van der Waals surface area contributed by atoms with E-state index in [9.17, 15) is 4.39 Å². The molecular formula is C13H18FNO. The van der Waals surface area contributed by atoms with Gasteiger partial charge >= 0.3 is 0 Å². The Morgan fingerprint density at radius 2 is 2.19 bits per heavy atom. The summed E-state index contributed by atoms with van der Waals surface area (Å²) in [6, 6.07) is 5.40. The minimum Gasteiger partial charge on any atom is -0.379 e. The third kappa shape index (κ3) is 1.97. The molecule has 0 atom stereocenters. The van der Waals surface area contributed by atoms with Crippen molar-refractivity contribution in [2.75, 3.05) is 26.8 Å². The SMILES string of the molecule is CNCCC1(c2ccc(F)c(C)c2)COC1. The number of rotatable bonds is 4. The van der Waals surface area contributed by atoms with Crippen molar-refractivity contribution in [1.29, 1.82) is 0 Å². The van der Waals surface area contributed by atoms with E-state index in [1.54, 1.807) is 6.07 Å². The molecule has 1 aromatic rings. The second-order valence-corrected chi connectivity index (χ2v) is 4.59. The average Bonchev–Trinajstić information content (AvgIpc) is 2.22. The first-order chi connectivity index (χ1) is 7.68. The van der Waals surface area contributed by atoms with Gasteiger partial charge in [-0.25, -0.2) is 4.39 Å². The molecule has 0 spiro atoms. The molecule has 88 valence electrons. The summed E-state index contributed by atoms with van der Waals surface area (Å²) in [5.74, 6) is -0.132. The van der Waals surface area contributed by atoms with Crippen LogP contribution in [0.25, 0.3) is 0 Å². The number of nitrogens with one attached hydrogen (secondary N) is 1. The summed E-state index contributed by atoms with van der Waals surface area (Å²) in [7, 11) is 1.95. The zero-order chi connectivity index (χ0) is 11.6. The van der Waals surface area contributed by atoms with E-state index in [0.717, 1.165) is 26.2 Å². The van der Waals surface area contributed by atoms with Gasteiger partial charge in [-0.2, -0.15) is 0 Å². The van der Waals surface area contributed by atoms with Crippen molar-refractivity contribution >= 4 is 0 Å². The topological polar surface area (TPSA) is 21.3 Å². The van der Waals surface area contributed by atoms with Crippen LogP contribution >= 0.6 is 0 Å². The summed E-state index contributed by atoms with van der Waals surface area (Å²) >= 11 is 0. The van der Waals surface area contributed by atoms with Gasteiger partial charge in [0.25, 0.3) is 0 Å². The van der Waals surface area contributed by atoms with Crippen molar-refractivity contribution < 1.29 is 9.13 Å². The van der Waals surface area contributed by atoms with E-state index in [-0.39, 0.29) is 11.2 Å². The minimum absolute atomic E-state index is 0.0987. The predicted octanol–water partition coefficient (Wildman–Crippen LogP) is 2.01. The summed E-state index contributed by atoms with van der Waals surface area (Å²) in [5.41, 5.74) is 2.02. The highest BCUT2D eigenvalue weighted by atomic mass is 19.1. The van der Waals surface area contributed by atoms with Crippen LogP contribution in [0.2, 0.25) is 0 Å². The largest absolute Gasteiger partial charge is 0.379 e. The molecule has 2 nitrogen and oxygen atoms in total. The van der Waals surface area contributed by atoms with E-state index in [4.69, 9.17) is 4.74 Å². The summed E-state index contributed by atoms with van der Waals surface area (Å²) in [6.07, 6.45) is 1.04. The molecule has 0 amide bonds. The van der Waals surface area contributed by atoms with Crippen molar-refractivity contribution in [2.45, 2.75) is 18.8 Å². The Hall–Kier alpha value is -0.930. The van der Waals surface area contributed by atoms with Gasteiger partial charge in [-0.1, -0.05) is 12.1 Å². The lowest BCUT2D eigenvalue weighted by atomic mass is 9.75. The maximum atomic E-state index is 13.2. The minimum atomic E-state index is -0.132. The fourth-order valence-corrected chi connectivity index (χ4v) is 2.14. The summed E-state index contributed by atoms with van der Waals surface area (Å²) in [5, 5.41) is 3.16. The molecular weight excluding hydrogens is 205 g/mol. The molecule has 0 bridgehead atoms. The van der Waals surface area contributed by atoms with Crippen LogP contribution in [0.1, 0.15) is 17.5 Å². The first kappa shape index (κ1) is 11.6. The summed E-state index contributed by atoms with van der Waals surface area (Å²) < 4.78 is 18.6. The number of ether oxygens (including phenoxy) is 1. The molecule has 0 saturated carbocycles. The van der Waals surface area contributed by atoms with E-state index in [0.29, 0.717) is 5.56 Å². The molecule has 0 radical (unpaired) electrons. The van der Waals surface area contributed by atoms with E-state index in [1.807, 2.05) is 26.1 Å². The van der Waals surface area contributed by atoms with E-state index < -0.39 is 0 Å². The van der Waals surface area contributed by atoms with Gasteiger partial charge in [-0.15, -0.1) is 0 Å². The second-order valence-electron chi connectivity index (χ2n) is 4.59.